The molecule has 0 spiro atoms. The SMILES string of the molecule is CNc1cccc(CN(C)Cc2cc(Br)ccc2C)c1. The van der Waals surface area contributed by atoms with Gasteiger partial charge in [-0.15, -0.1) is 0 Å². The van der Waals surface area contributed by atoms with Crippen LogP contribution in [-0.4, -0.2) is 19.0 Å². The molecule has 0 atom stereocenters. The molecule has 3 heteroatoms. The number of nitrogens with zero attached hydrogens (tertiary/aromatic N) is 1. The standard InChI is InChI=1S/C17H21BrN2/c1-13-7-8-16(18)10-15(13)12-20(3)11-14-5-4-6-17(9-14)19-2/h4-10,19H,11-12H2,1-3H3. The molecule has 2 aromatic carbocycles. The van der Waals surface area contributed by atoms with Crippen molar-refractivity contribution in [1.29, 1.82) is 0 Å². The molecule has 1 N–H and O–H groups in total. The Morgan fingerprint density at radius 1 is 1.10 bits per heavy atom. The molecule has 0 saturated carbocycles. The molecule has 2 nitrogen and oxygen atoms in total. The van der Waals surface area contributed by atoms with Crippen LogP contribution in [0.1, 0.15) is 16.7 Å². The fourth-order valence-electron chi connectivity index (χ4n) is 2.29. The first kappa shape index (κ1) is 15.1. The van der Waals surface area contributed by atoms with Crippen LogP contribution in [0.5, 0.6) is 0 Å². The van der Waals surface area contributed by atoms with Crippen molar-refractivity contribution in [3.8, 4) is 0 Å². The highest BCUT2D eigenvalue weighted by Gasteiger charge is 2.05. The molecule has 106 valence electrons. The van der Waals surface area contributed by atoms with E-state index in [9.17, 15) is 0 Å². The molecule has 20 heavy (non-hydrogen) atoms. The van der Waals surface area contributed by atoms with Gasteiger partial charge in [0.25, 0.3) is 0 Å². The average Bonchev–Trinajstić information content (AvgIpc) is 2.43. The van der Waals surface area contributed by atoms with Gasteiger partial charge in [0.1, 0.15) is 0 Å². The summed E-state index contributed by atoms with van der Waals surface area (Å²) in [5, 5.41) is 3.18. The van der Waals surface area contributed by atoms with E-state index in [1.165, 1.54) is 16.7 Å². The molecule has 0 heterocycles. The van der Waals surface area contributed by atoms with Crippen LogP contribution < -0.4 is 5.32 Å². The van der Waals surface area contributed by atoms with Crippen LogP contribution in [0.15, 0.2) is 46.9 Å². The van der Waals surface area contributed by atoms with E-state index in [2.05, 4.69) is 82.6 Å². The van der Waals surface area contributed by atoms with E-state index in [0.29, 0.717) is 0 Å². The largest absolute Gasteiger partial charge is 0.388 e. The summed E-state index contributed by atoms with van der Waals surface area (Å²) in [6.07, 6.45) is 0. The summed E-state index contributed by atoms with van der Waals surface area (Å²) in [7, 11) is 4.11. The summed E-state index contributed by atoms with van der Waals surface area (Å²) in [6.45, 7) is 4.06. The molecule has 0 fully saturated rings. The maximum absolute atomic E-state index is 3.55. The smallest absolute Gasteiger partial charge is 0.0340 e. The van der Waals surface area contributed by atoms with Crippen LogP contribution in [0, 0.1) is 6.92 Å². The quantitative estimate of drug-likeness (QED) is 0.871. The molecule has 0 amide bonds. The molecule has 0 bridgehead atoms. The Morgan fingerprint density at radius 3 is 2.65 bits per heavy atom. The molecule has 0 aliphatic rings. The summed E-state index contributed by atoms with van der Waals surface area (Å²) in [4.78, 5) is 2.34. The fourth-order valence-corrected chi connectivity index (χ4v) is 2.70. The zero-order chi connectivity index (χ0) is 14.5. The summed E-state index contributed by atoms with van der Waals surface area (Å²) in [6, 6.07) is 15.0. The van der Waals surface area contributed by atoms with E-state index in [0.717, 1.165) is 23.2 Å². The zero-order valence-corrected chi connectivity index (χ0v) is 13.9. The third-order valence-electron chi connectivity index (χ3n) is 3.42. The fraction of sp³-hybridized carbons (Fsp3) is 0.294. The predicted octanol–water partition coefficient (Wildman–Crippen LogP) is 4.43. The highest BCUT2D eigenvalue weighted by atomic mass is 79.9. The van der Waals surface area contributed by atoms with Crippen molar-refractivity contribution in [1.82, 2.24) is 4.90 Å². The Hall–Kier alpha value is -1.32. The Kier molecular flexibility index (Phi) is 5.21. The van der Waals surface area contributed by atoms with Crippen LogP contribution in [0.25, 0.3) is 0 Å². The first-order valence-corrected chi connectivity index (χ1v) is 7.58. The second kappa shape index (κ2) is 6.91. The van der Waals surface area contributed by atoms with Gasteiger partial charge in [-0.1, -0.05) is 34.1 Å². The zero-order valence-electron chi connectivity index (χ0n) is 12.3. The second-order valence-electron chi connectivity index (χ2n) is 5.19. The summed E-state index contributed by atoms with van der Waals surface area (Å²) in [5.41, 5.74) is 5.19. The van der Waals surface area contributed by atoms with Gasteiger partial charge in [-0.05, 0) is 54.9 Å². The molecule has 2 rings (SSSR count). The van der Waals surface area contributed by atoms with Gasteiger partial charge in [0, 0.05) is 30.3 Å². The number of rotatable bonds is 5. The molecule has 0 radical (unpaired) electrons. The Morgan fingerprint density at radius 2 is 1.90 bits per heavy atom. The topological polar surface area (TPSA) is 15.3 Å². The maximum atomic E-state index is 3.55. The van der Waals surface area contributed by atoms with E-state index in [4.69, 9.17) is 0 Å². The minimum atomic E-state index is 0.946. The number of benzene rings is 2. The highest BCUT2D eigenvalue weighted by molar-refractivity contribution is 9.10. The van der Waals surface area contributed by atoms with Gasteiger partial charge in [0.05, 0.1) is 0 Å². The van der Waals surface area contributed by atoms with Gasteiger partial charge in [-0.2, -0.15) is 0 Å². The summed E-state index contributed by atoms with van der Waals surface area (Å²) in [5.74, 6) is 0. The van der Waals surface area contributed by atoms with Gasteiger partial charge in [-0.25, -0.2) is 0 Å². The van der Waals surface area contributed by atoms with Crippen molar-refractivity contribution in [2.75, 3.05) is 19.4 Å². The molecular weight excluding hydrogens is 312 g/mol. The number of anilines is 1. The van der Waals surface area contributed by atoms with Gasteiger partial charge < -0.3 is 5.32 Å². The Balaban J connectivity index is 2.04. The normalized spacial score (nSPS) is 10.8. The van der Waals surface area contributed by atoms with E-state index in [1.54, 1.807) is 0 Å². The molecule has 0 saturated heterocycles. The lowest BCUT2D eigenvalue weighted by Crippen LogP contribution is -2.18. The van der Waals surface area contributed by atoms with Crippen molar-refractivity contribution in [2.24, 2.45) is 0 Å². The summed E-state index contributed by atoms with van der Waals surface area (Å²) < 4.78 is 1.14. The lowest BCUT2D eigenvalue weighted by molar-refractivity contribution is 0.318. The first-order valence-electron chi connectivity index (χ1n) is 6.79. The third-order valence-corrected chi connectivity index (χ3v) is 3.91. The van der Waals surface area contributed by atoms with E-state index >= 15 is 0 Å². The van der Waals surface area contributed by atoms with Gasteiger partial charge >= 0.3 is 0 Å². The van der Waals surface area contributed by atoms with Crippen LogP contribution in [0.3, 0.4) is 0 Å². The van der Waals surface area contributed by atoms with Crippen LogP contribution in [-0.2, 0) is 13.1 Å². The monoisotopic (exact) mass is 332 g/mol. The number of aryl methyl sites for hydroxylation is 1. The Bertz CT molecular complexity index is 581. The van der Waals surface area contributed by atoms with Crippen molar-refractivity contribution in [3.63, 3.8) is 0 Å². The highest BCUT2D eigenvalue weighted by Crippen LogP contribution is 2.18. The molecule has 0 aliphatic heterocycles. The van der Waals surface area contributed by atoms with E-state index < -0.39 is 0 Å². The minimum Gasteiger partial charge on any atom is -0.388 e. The Labute approximate surface area is 129 Å². The minimum absolute atomic E-state index is 0.946. The average molecular weight is 333 g/mol. The van der Waals surface area contributed by atoms with Gasteiger partial charge in [0.15, 0.2) is 0 Å². The number of hydrogen-bond donors (Lipinski definition) is 1. The molecular formula is C17H21BrN2. The third kappa shape index (κ3) is 4.09. The van der Waals surface area contributed by atoms with Crippen molar-refractivity contribution >= 4 is 21.6 Å². The van der Waals surface area contributed by atoms with E-state index in [-0.39, 0.29) is 0 Å². The molecule has 2 aromatic rings. The van der Waals surface area contributed by atoms with E-state index in [1.807, 2.05) is 7.05 Å². The second-order valence-corrected chi connectivity index (χ2v) is 6.11. The van der Waals surface area contributed by atoms with Crippen molar-refractivity contribution in [2.45, 2.75) is 20.0 Å². The van der Waals surface area contributed by atoms with Gasteiger partial charge in [-0.3, -0.25) is 4.90 Å². The predicted molar refractivity (Wildman–Crippen MR) is 90.0 cm³/mol. The molecule has 0 aromatic heterocycles. The maximum Gasteiger partial charge on any atom is 0.0340 e. The lowest BCUT2D eigenvalue weighted by Gasteiger charge is -2.19. The van der Waals surface area contributed by atoms with Gasteiger partial charge in [0.2, 0.25) is 0 Å². The summed E-state index contributed by atoms with van der Waals surface area (Å²) >= 11 is 3.55. The van der Waals surface area contributed by atoms with Crippen molar-refractivity contribution in [3.05, 3.63) is 63.6 Å². The van der Waals surface area contributed by atoms with Crippen molar-refractivity contribution < 1.29 is 0 Å². The van der Waals surface area contributed by atoms with Crippen LogP contribution in [0.4, 0.5) is 5.69 Å². The molecule has 0 unspecified atom stereocenters. The number of hydrogen-bond acceptors (Lipinski definition) is 2. The first-order chi connectivity index (χ1) is 9.58. The number of nitrogens with one attached hydrogen (secondary N) is 1. The lowest BCUT2D eigenvalue weighted by atomic mass is 10.1. The molecule has 0 aliphatic carbocycles. The number of halogens is 1. The van der Waals surface area contributed by atoms with Crippen LogP contribution in [0.2, 0.25) is 0 Å². The van der Waals surface area contributed by atoms with Crippen LogP contribution >= 0.6 is 15.9 Å².